The average molecular weight is 340 g/mol. The number of nitrogens with zero attached hydrogens (tertiary/aromatic N) is 4. The Balaban J connectivity index is 1.48. The van der Waals surface area contributed by atoms with Crippen LogP contribution in [0.2, 0.25) is 0 Å². The zero-order chi connectivity index (χ0) is 17.2. The molecule has 1 aromatic heterocycles. The van der Waals surface area contributed by atoms with Gasteiger partial charge in [-0.3, -0.25) is 4.79 Å². The van der Waals surface area contributed by atoms with Crippen molar-refractivity contribution in [3.05, 3.63) is 48.2 Å². The van der Waals surface area contributed by atoms with Crippen LogP contribution in [0.25, 0.3) is 0 Å². The van der Waals surface area contributed by atoms with Gasteiger partial charge in [-0.15, -0.1) is 0 Å². The number of aromatic nitrogens is 2. The molecule has 25 heavy (non-hydrogen) atoms. The number of hydrogen-bond donors (Lipinski definition) is 0. The second-order valence-electron chi connectivity index (χ2n) is 6.77. The van der Waals surface area contributed by atoms with Crippen LogP contribution < -0.4 is 9.80 Å². The maximum absolute atomic E-state index is 14.1. The van der Waals surface area contributed by atoms with Gasteiger partial charge in [0.25, 0.3) is 0 Å². The summed E-state index contributed by atoms with van der Waals surface area (Å²) in [5, 5.41) is 0. The smallest absolute Gasteiger partial charge is 0.227 e. The van der Waals surface area contributed by atoms with Crippen LogP contribution in [-0.4, -0.2) is 35.5 Å². The Morgan fingerprint density at radius 3 is 2.68 bits per heavy atom. The van der Waals surface area contributed by atoms with Crippen molar-refractivity contribution in [1.82, 2.24) is 9.97 Å². The standard InChI is InChI=1S/C19H21FN4O/c20-16-12-21-17(22-19(16)23-8-4-5-9-23)10-14-11-18(25)24(13-14)15-6-2-1-3-7-15/h1-3,6-7,12,14H,4-5,8-11,13H2/t14-/m1/s1. The van der Waals surface area contributed by atoms with Gasteiger partial charge in [-0.05, 0) is 30.9 Å². The third-order valence-electron chi connectivity index (χ3n) is 4.93. The first-order valence-electron chi connectivity index (χ1n) is 8.82. The quantitative estimate of drug-likeness (QED) is 0.859. The van der Waals surface area contributed by atoms with E-state index in [9.17, 15) is 9.18 Å². The van der Waals surface area contributed by atoms with Gasteiger partial charge in [0, 0.05) is 38.2 Å². The van der Waals surface area contributed by atoms with Crippen LogP contribution in [0.15, 0.2) is 36.5 Å². The molecule has 5 nitrogen and oxygen atoms in total. The Kier molecular flexibility index (Phi) is 4.34. The van der Waals surface area contributed by atoms with Crippen LogP contribution in [0.3, 0.4) is 0 Å². The second-order valence-corrected chi connectivity index (χ2v) is 6.77. The van der Waals surface area contributed by atoms with Gasteiger partial charge >= 0.3 is 0 Å². The molecule has 0 unspecified atom stereocenters. The van der Waals surface area contributed by atoms with Gasteiger partial charge in [-0.2, -0.15) is 0 Å². The zero-order valence-corrected chi connectivity index (χ0v) is 14.1. The molecule has 130 valence electrons. The Morgan fingerprint density at radius 1 is 1.16 bits per heavy atom. The minimum Gasteiger partial charge on any atom is -0.354 e. The number of hydrogen-bond acceptors (Lipinski definition) is 4. The molecule has 2 aliphatic rings. The van der Waals surface area contributed by atoms with Crippen molar-refractivity contribution < 1.29 is 9.18 Å². The largest absolute Gasteiger partial charge is 0.354 e. The molecule has 3 heterocycles. The number of anilines is 2. The molecule has 1 atom stereocenters. The van der Waals surface area contributed by atoms with Gasteiger partial charge in [0.1, 0.15) is 5.82 Å². The highest BCUT2D eigenvalue weighted by atomic mass is 19.1. The molecule has 1 amide bonds. The topological polar surface area (TPSA) is 49.3 Å². The molecule has 0 spiro atoms. The van der Waals surface area contributed by atoms with Crippen LogP contribution in [0.4, 0.5) is 15.9 Å². The molecule has 6 heteroatoms. The fraction of sp³-hybridized carbons (Fsp3) is 0.421. The third-order valence-corrected chi connectivity index (χ3v) is 4.93. The van der Waals surface area contributed by atoms with Crippen molar-refractivity contribution in [2.45, 2.75) is 25.7 Å². The van der Waals surface area contributed by atoms with Crippen molar-refractivity contribution in [3.63, 3.8) is 0 Å². The zero-order valence-electron chi connectivity index (χ0n) is 14.1. The number of para-hydroxylation sites is 1. The lowest BCUT2D eigenvalue weighted by atomic mass is 10.0. The van der Waals surface area contributed by atoms with Gasteiger partial charge in [-0.1, -0.05) is 18.2 Å². The van der Waals surface area contributed by atoms with Gasteiger partial charge in [0.15, 0.2) is 11.6 Å². The maximum atomic E-state index is 14.1. The lowest BCUT2D eigenvalue weighted by molar-refractivity contribution is -0.117. The Hall–Kier alpha value is -2.50. The SMILES string of the molecule is O=C1C[C@@H](Cc2ncc(F)c(N3CCCC3)n2)CN1c1ccccc1. The van der Waals surface area contributed by atoms with Crippen molar-refractivity contribution in [3.8, 4) is 0 Å². The summed E-state index contributed by atoms with van der Waals surface area (Å²) >= 11 is 0. The van der Waals surface area contributed by atoms with Gasteiger partial charge in [-0.25, -0.2) is 14.4 Å². The number of benzene rings is 1. The van der Waals surface area contributed by atoms with Crippen LogP contribution in [0.5, 0.6) is 0 Å². The molecule has 0 radical (unpaired) electrons. The summed E-state index contributed by atoms with van der Waals surface area (Å²) in [6.07, 6.45) is 4.48. The maximum Gasteiger partial charge on any atom is 0.227 e. The van der Waals surface area contributed by atoms with E-state index in [-0.39, 0.29) is 17.6 Å². The highest BCUT2D eigenvalue weighted by Gasteiger charge is 2.31. The molecule has 2 fully saturated rings. The Labute approximate surface area is 146 Å². The average Bonchev–Trinajstić information content (AvgIpc) is 3.27. The van der Waals surface area contributed by atoms with E-state index in [1.165, 1.54) is 6.20 Å². The lowest BCUT2D eigenvalue weighted by Gasteiger charge is -2.18. The highest BCUT2D eigenvalue weighted by molar-refractivity contribution is 5.95. The molecule has 2 aliphatic heterocycles. The van der Waals surface area contributed by atoms with Gasteiger partial charge in [0.05, 0.1) is 6.20 Å². The fourth-order valence-corrected chi connectivity index (χ4v) is 3.68. The minimum atomic E-state index is -0.362. The molecular formula is C19H21FN4O. The summed E-state index contributed by atoms with van der Waals surface area (Å²) in [4.78, 5) is 24.7. The third kappa shape index (κ3) is 3.34. The number of amides is 1. The predicted molar refractivity (Wildman–Crippen MR) is 94.0 cm³/mol. The fourth-order valence-electron chi connectivity index (χ4n) is 3.68. The van der Waals surface area contributed by atoms with Crippen LogP contribution in [0, 0.1) is 11.7 Å². The first-order chi connectivity index (χ1) is 12.2. The van der Waals surface area contributed by atoms with Crippen molar-refractivity contribution >= 4 is 17.4 Å². The molecule has 1 aromatic carbocycles. The Bertz CT molecular complexity index is 761. The first-order valence-corrected chi connectivity index (χ1v) is 8.82. The second kappa shape index (κ2) is 6.78. The number of carbonyl (C=O) groups excluding carboxylic acids is 1. The van der Waals surface area contributed by atoms with E-state index in [1.54, 1.807) is 0 Å². The normalized spacial score (nSPS) is 20.5. The highest BCUT2D eigenvalue weighted by Crippen LogP contribution is 2.27. The summed E-state index contributed by atoms with van der Waals surface area (Å²) in [5.41, 5.74) is 0.924. The van der Waals surface area contributed by atoms with E-state index in [1.807, 2.05) is 40.1 Å². The Morgan fingerprint density at radius 2 is 1.92 bits per heavy atom. The number of rotatable bonds is 4. The van der Waals surface area contributed by atoms with Crippen LogP contribution in [-0.2, 0) is 11.2 Å². The van der Waals surface area contributed by atoms with E-state index in [4.69, 9.17) is 0 Å². The van der Waals surface area contributed by atoms with Gasteiger partial charge in [0.2, 0.25) is 5.91 Å². The number of carbonyl (C=O) groups is 1. The van der Waals surface area contributed by atoms with E-state index < -0.39 is 0 Å². The van der Waals surface area contributed by atoms with Crippen molar-refractivity contribution in [2.75, 3.05) is 29.4 Å². The molecule has 0 bridgehead atoms. The molecular weight excluding hydrogens is 319 g/mol. The summed E-state index contributed by atoms with van der Waals surface area (Å²) in [5.74, 6) is 0.949. The molecule has 2 aromatic rings. The summed E-state index contributed by atoms with van der Waals surface area (Å²) in [6.45, 7) is 2.34. The van der Waals surface area contributed by atoms with E-state index in [2.05, 4.69) is 9.97 Å². The molecule has 4 rings (SSSR count). The van der Waals surface area contributed by atoms with Crippen molar-refractivity contribution in [2.24, 2.45) is 5.92 Å². The van der Waals surface area contributed by atoms with Crippen LogP contribution >= 0.6 is 0 Å². The first kappa shape index (κ1) is 16.0. The molecule has 0 N–H and O–H groups in total. The monoisotopic (exact) mass is 340 g/mol. The van der Waals surface area contributed by atoms with E-state index in [0.29, 0.717) is 31.0 Å². The minimum absolute atomic E-state index is 0.123. The lowest BCUT2D eigenvalue weighted by Crippen LogP contribution is -2.25. The predicted octanol–water partition coefficient (Wildman–Crippen LogP) is 2.81. The summed E-state index contributed by atoms with van der Waals surface area (Å²) < 4.78 is 14.1. The molecule has 0 saturated carbocycles. The summed E-state index contributed by atoms with van der Waals surface area (Å²) in [7, 11) is 0. The van der Waals surface area contributed by atoms with Crippen molar-refractivity contribution in [1.29, 1.82) is 0 Å². The van der Waals surface area contributed by atoms with Gasteiger partial charge < -0.3 is 9.80 Å². The van der Waals surface area contributed by atoms with E-state index >= 15 is 0 Å². The number of halogens is 1. The van der Waals surface area contributed by atoms with E-state index in [0.717, 1.165) is 31.6 Å². The molecule has 0 aliphatic carbocycles. The van der Waals surface area contributed by atoms with Crippen LogP contribution in [0.1, 0.15) is 25.1 Å². The molecule has 2 saturated heterocycles. The summed E-state index contributed by atoms with van der Waals surface area (Å²) in [6, 6.07) is 9.69.